The summed E-state index contributed by atoms with van der Waals surface area (Å²) in [6, 6.07) is 7.99. The lowest BCUT2D eigenvalue weighted by Gasteiger charge is -2.37. The van der Waals surface area contributed by atoms with Crippen LogP contribution < -0.4 is 0 Å². The number of carbonyl (C=O) groups is 3. The zero-order valence-corrected chi connectivity index (χ0v) is 25.8. The summed E-state index contributed by atoms with van der Waals surface area (Å²) in [6.07, 6.45) is 1.57. The summed E-state index contributed by atoms with van der Waals surface area (Å²) in [5, 5.41) is 21.8. The van der Waals surface area contributed by atoms with Gasteiger partial charge < -0.3 is 24.4 Å². The summed E-state index contributed by atoms with van der Waals surface area (Å²) < 4.78 is 17.8. The SMILES string of the molecule is CC1C(c2ccccc2)OC(=O)N1C(=O)C(CCO)C(O)C1OC(C)(C)N(C(=O)OC(C)(C)C)[C@@H]1CC1CCCCC1. The van der Waals surface area contributed by atoms with Crippen LogP contribution in [0.1, 0.15) is 98.2 Å². The van der Waals surface area contributed by atoms with Gasteiger partial charge in [0.15, 0.2) is 0 Å². The van der Waals surface area contributed by atoms with E-state index in [1.54, 1.807) is 46.4 Å². The van der Waals surface area contributed by atoms with Crippen LogP contribution in [0.15, 0.2) is 30.3 Å². The van der Waals surface area contributed by atoms with E-state index >= 15 is 0 Å². The number of aliphatic hydroxyl groups is 2. The zero-order chi connectivity index (χ0) is 30.8. The maximum absolute atomic E-state index is 14.0. The minimum absolute atomic E-state index is 0.0879. The third-order valence-electron chi connectivity index (χ3n) is 8.75. The Hall–Kier alpha value is -2.69. The molecular formula is C32H48N2O8. The molecule has 0 spiro atoms. The predicted molar refractivity (Wildman–Crippen MR) is 155 cm³/mol. The minimum atomic E-state index is -1.40. The highest BCUT2D eigenvalue weighted by Crippen LogP contribution is 2.42. The quantitative estimate of drug-likeness (QED) is 0.426. The van der Waals surface area contributed by atoms with Crippen molar-refractivity contribution in [3.05, 3.63) is 35.9 Å². The first-order valence-electron chi connectivity index (χ1n) is 15.3. The summed E-state index contributed by atoms with van der Waals surface area (Å²) in [4.78, 5) is 43.2. The van der Waals surface area contributed by atoms with Crippen molar-refractivity contribution in [3.8, 4) is 0 Å². The van der Waals surface area contributed by atoms with Gasteiger partial charge in [0.1, 0.15) is 23.5 Å². The van der Waals surface area contributed by atoms with Crippen LogP contribution in [0.3, 0.4) is 0 Å². The second-order valence-electron chi connectivity index (χ2n) is 13.5. The molecule has 10 nitrogen and oxygen atoms in total. The van der Waals surface area contributed by atoms with Crippen molar-refractivity contribution in [2.75, 3.05) is 6.61 Å². The first-order chi connectivity index (χ1) is 19.7. The summed E-state index contributed by atoms with van der Waals surface area (Å²) in [5.74, 6) is -1.47. The van der Waals surface area contributed by atoms with Crippen LogP contribution >= 0.6 is 0 Å². The van der Waals surface area contributed by atoms with Gasteiger partial charge >= 0.3 is 12.2 Å². The lowest BCUT2D eigenvalue weighted by Crippen LogP contribution is -2.53. The second kappa shape index (κ2) is 12.9. The van der Waals surface area contributed by atoms with Gasteiger partial charge in [-0.3, -0.25) is 9.69 Å². The number of ether oxygens (including phenoxy) is 3. The van der Waals surface area contributed by atoms with Crippen LogP contribution in [-0.4, -0.2) is 80.3 Å². The normalized spacial score (nSPS) is 28.0. The van der Waals surface area contributed by atoms with Gasteiger partial charge in [0.2, 0.25) is 5.91 Å². The molecule has 3 aliphatic rings. The lowest BCUT2D eigenvalue weighted by atomic mass is 9.81. The van der Waals surface area contributed by atoms with Gasteiger partial charge in [-0.05, 0) is 65.9 Å². The van der Waals surface area contributed by atoms with E-state index in [4.69, 9.17) is 14.2 Å². The van der Waals surface area contributed by atoms with E-state index in [-0.39, 0.29) is 13.0 Å². The van der Waals surface area contributed by atoms with Crippen molar-refractivity contribution in [2.24, 2.45) is 11.8 Å². The Bertz CT molecular complexity index is 1100. The molecule has 2 N–H and O–H groups in total. The van der Waals surface area contributed by atoms with Crippen molar-refractivity contribution in [2.45, 2.75) is 128 Å². The Morgan fingerprint density at radius 3 is 2.36 bits per heavy atom. The van der Waals surface area contributed by atoms with Crippen molar-refractivity contribution in [3.63, 3.8) is 0 Å². The number of cyclic esters (lactones) is 1. The molecule has 1 aromatic rings. The number of amides is 3. The molecule has 2 heterocycles. The van der Waals surface area contributed by atoms with Crippen molar-refractivity contribution >= 4 is 18.1 Å². The van der Waals surface area contributed by atoms with Crippen molar-refractivity contribution in [1.29, 1.82) is 0 Å². The topological polar surface area (TPSA) is 126 Å². The van der Waals surface area contributed by atoms with Gasteiger partial charge in [-0.2, -0.15) is 0 Å². The molecule has 4 rings (SSSR count). The molecule has 0 radical (unpaired) electrons. The molecule has 0 bridgehead atoms. The fourth-order valence-corrected chi connectivity index (χ4v) is 6.81. The maximum atomic E-state index is 14.0. The molecule has 2 saturated heterocycles. The highest BCUT2D eigenvalue weighted by Gasteiger charge is 2.56. The molecule has 6 atom stereocenters. The molecule has 1 aromatic carbocycles. The third kappa shape index (κ3) is 6.92. The van der Waals surface area contributed by atoms with Gasteiger partial charge in [-0.25, -0.2) is 14.5 Å². The van der Waals surface area contributed by atoms with E-state index in [0.29, 0.717) is 12.3 Å². The highest BCUT2D eigenvalue weighted by molar-refractivity contribution is 5.95. The van der Waals surface area contributed by atoms with Crippen LogP contribution in [0.2, 0.25) is 0 Å². The van der Waals surface area contributed by atoms with Gasteiger partial charge in [0.05, 0.1) is 24.1 Å². The number of imide groups is 1. The fraction of sp³-hybridized carbons (Fsp3) is 0.719. The molecule has 3 fully saturated rings. The smallest absolute Gasteiger partial charge is 0.417 e. The van der Waals surface area contributed by atoms with E-state index < -0.39 is 65.7 Å². The minimum Gasteiger partial charge on any atom is -0.444 e. The molecule has 2 aliphatic heterocycles. The van der Waals surface area contributed by atoms with E-state index in [0.717, 1.165) is 36.1 Å². The number of benzene rings is 1. The predicted octanol–water partition coefficient (Wildman–Crippen LogP) is 5.17. The van der Waals surface area contributed by atoms with Gasteiger partial charge in [0, 0.05) is 6.61 Å². The Balaban J connectivity index is 1.63. The Labute approximate surface area is 249 Å². The first kappa shape index (κ1) is 32.2. The number of hydrogen-bond acceptors (Lipinski definition) is 8. The highest BCUT2D eigenvalue weighted by atomic mass is 16.6. The third-order valence-corrected chi connectivity index (χ3v) is 8.75. The number of nitrogens with zero attached hydrogens (tertiary/aromatic N) is 2. The standard InChI is InChI=1S/C32H48N2O8/c1-20-26(22-15-11-8-12-16-22)40-29(38)33(20)28(37)23(17-18-35)25(36)27-24(19-21-13-9-7-10-14-21)34(32(5,6)41-27)30(39)42-31(2,3)4/h8,11-12,15-16,20-21,23-27,35-36H,7,9-10,13-14,17-19H2,1-6H3/t20?,23?,24-,25?,26?,27?/m1/s1. The Kier molecular flexibility index (Phi) is 9.89. The Morgan fingerprint density at radius 1 is 1.12 bits per heavy atom. The molecule has 0 aromatic heterocycles. The van der Waals surface area contributed by atoms with Crippen LogP contribution in [0.5, 0.6) is 0 Å². The monoisotopic (exact) mass is 588 g/mol. The lowest BCUT2D eigenvalue weighted by molar-refractivity contribution is -0.148. The van der Waals surface area contributed by atoms with Crippen LogP contribution in [0.25, 0.3) is 0 Å². The summed E-state index contributed by atoms with van der Waals surface area (Å²) >= 11 is 0. The number of aliphatic hydroxyl groups excluding tert-OH is 2. The van der Waals surface area contributed by atoms with Crippen molar-refractivity contribution < 1.29 is 38.8 Å². The molecule has 42 heavy (non-hydrogen) atoms. The average Bonchev–Trinajstić information content (AvgIpc) is 3.37. The van der Waals surface area contributed by atoms with Gasteiger partial charge in [-0.1, -0.05) is 62.4 Å². The van der Waals surface area contributed by atoms with Crippen LogP contribution in [0.4, 0.5) is 9.59 Å². The maximum Gasteiger partial charge on any atom is 0.417 e. The molecule has 1 aliphatic carbocycles. The molecule has 1 saturated carbocycles. The van der Waals surface area contributed by atoms with E-state index in [9.17, 15) is 24.6 Å². The van der Waals surface area contributed by atoms with Gasteiger partial charge in [-0.15, -0.1) is 0 Å². The fourth-order valence-electron chi connectivity index (χ4n) is 6.81. The summed E-state index contributed by atoms with van der Waals surface area (Å²) in [7, 11) is 0. The van der Waals surface area contributed by atoms with E-state index in [1.165, 1.54) is 6.42 Å². The van der Waals surface area contributed by atoms with Gasteiger partial charge in [0.25, 0.3) is 0 Å². The van der Waals surface area contributed by atoms with Crippen LogP contribution in [0, 0.1) is 11.8 Å². The summed E-state index contributed by atoms with van der Waals surface area (Å²) in [6.45, 7) is 10.3. The molecular weight excluding hydrogens is 540 g/mol. The molecule has 5 unspecified atom stereocenters. The number of rotatable bonds is 8. The number of carbonyl (C=O) groups excluding carboxylic acids is 3. The largest absolute Gasteiger partial charge is 0.444 e. The van der Waals surface area contributed by atoms with E-state index in [2.05, 4.69) is 0 Å². The Morgan fingerprint density at radius 2 is 1.76 bits per heavy atom. The molecule has 3 amide bonds. The second-order valence-corrected chi connectivity index (χ2v) is 13.5. The summed E-state index contributed by atoms with van der Waals surface area (Å²) in [5.41, 5.74) is -1.11. The van der Waals surface area contributed by atoms with Crippen LogP contribution in [-0.2, 0) is 19.0 Å². The van der Waals surface area contributed by atoms with E-state index in [1.807, 2.05) is 30.3 Å². The number of hydrogen-bond donors (Lipinski definition) is 2. The molecule has 234 valence electrons. The average molecular weight is 589 g/mol. The first-order valence-corrected chi connectivity index (χ1v) is 15.3. The zero-order valence-electron chi connectivity index (χ0n) is 25.8. The van der Waals surface area contributed by atoms with Crippen molar-refractivity contribution in [1.82, 2.24) is 9.80 Å². The molecule has 10 heteroatoms.